The van der Waals surface area contributed by atoms with Crippen molar-refractivity contribution in [3.8, 4) is 0 Å². The van der Waals surface area contributed by atoms with Gasteiger partial charge in [0.15, 0.2) is 0 Å². The molecule has 0 nitrogen and oxygen atoms in total. The predicted octanol–water partition coefficient (Wildman–Crippen LogP) is 4.11. The molecule has 0 N–H and O–H groups in total. The van der Waals surface area contributed by atoms with Crippen molar-refractivity contribution in [2.45, 2.75) is 0 Å². The second-order valence-electron chi connectivity index (χ2n) is 3.33. The number of rotatable bonds is 2. The Morgan fingerprint density at radius 1 is 0.750 bits per heavy atom. The zero-order valence-corrected chi connectivity index (χ0v) is 12.3. The van der Waals surface area contributed by atoms with Crippen LogP contribution >= 0.6 is 23.2 Å². The summed E-state index contributed by atoms with van der Waals surface area (Å²) in [4.78, 5) is 0. The first-order valence-corrected chi connectivity index (χ1v) is 6.77. The monoisotopic (exact) mass is 324 g/mol. The van der Waals surface area contributed by atoms with Crippen molar-refractivity contribution in [3.05, 3.63) is 69.7 Å². The molecule has 0 bridgehead atoms. The van der Waals surface area contributed by atoms with Crippen molar-refractivity contribution in [2.75, 3.05) is 0 Å². The summed E-state index contributed by atoms with van der Waals surface area (Å²) >= 11 is 13.6. The summed E-state index contributed by atoms with van der Waals surface area (Å²) in [5.41, 5.74) is 2.13. The molecule has 3 heteroatoms. The number of benzene rings is 2. The van der Waals surface area contributed by atoms with Gasteiger partial charge in [0.1, 0.15) is 0 Å². The van der Waals surface area contributed by atoms with Crippen molar-refractivity contribution in [1.82, 2.24) is 0 Å². The van der Waals surface area contributed by atoms with Crippen LogP contribution in [-0.2, 0) is 24.2 Å². The Balaban J connectivity index is 2.48. The molecule has 76 valence electrons. The van der Waals surface area contributed by atoms with E-state index in [0.717, 1.165) is 21.2 Å². The van der Waals surface area contributed by atoms with E-state index in [0.29, 0.717) is 0 Å². The van der Waals surface area contributed by atoms with Crippen molar-refractivity contribution in [1.29, 1.82) is 0 Å². The minimum atomic E-state index is 0.772. The summed E-state index contributed by atoms with van der Waals surface area (Å²) in [6.07, 6.45) is 0. The molecule has 0 heterocycles. The average Bonchev–Trinajstić information content (AvgIpc) is 2.29. The van der Waals surface area contributed by atoms with Crippen LogP contribution in [0.15, 0.2) is 48.5 Å². The van der Waals surface area contributed by atoms with E-state index in [-0.39, 0.29) is 0 Å². The second kappa shape index (κ2) is 5.40. The summed E-state index contributed by atoms with van der Waals surface area (Å²) in [6.45, 7) is 0. The van der Waals surface area contributed by atoms with Gasteiger partial charge in [0, 0.05) is 0 Å². The third-order valence-corrected chi connectivity index (χ3v) is 4.27. The summed E-state index contributed by atoms with van der Waals surface area (Å²) in [7, 11) is 0. The summed E-state index contributed by atoms with van der Waals surface area (Å²) < 4.78 is 1.18. The Hall–Kier alpha value is -0.227. The van der Waals surface area contributed by atoms with Gasteiger partial charge >= 0.3 is 120 Å². The van der Waals surface area contributed by atoms with Gasteiger partial charge in [-0.3, -0.25) is 0 Å². The van der Waals surface area contributed by atoms with Crippen LogP contribution in [0.5, 0.6) is 0 Å². The van der Waals surface area contributed by atoms with E-state index < -0.39 is 0 Å². The maximum atomic E-state index is 6.17. The molecule has 0 aliphatic rings. The number of hydrogen-bond acceptors (Lipinski definition) is 0. The Morgan fingerprint density at radius 3 is 1.50 bits per heavy atom. The third-order valence-electron chi connectivity index (χ3n) is 2.29. The van der Waals surface area contributed by atoms with E-state index in [9.17, 15) is 0 Å². The van der Waals surface area contributed by atoms with Crippen LogP contribution in [-0.4, -0.2) is 3.21 Å². The molecule has 0 saturated heterocycles. The van der Waals surface area contributed by atoms with Crippen LogP contribution in [0.1, 0.15) is 11.1 Å². The molecule has 2 rings (SSSR count). The van der Waals surface area contributed by atoms with Gasteiger partial charge in [0.25, 0.3) is 0 Å². The van der Waals surface area contributed by atoms with Crippen LogP contribution in [0.3, 0.4) is 0 Å². The standard InChI is InChI=1S/C13H8Cl2.Zr/c14-12-7-3-1-5-10(12)9-11-6-2-4-8-13(11)15;/h1-8H;/q;+2. The Morgan fingerprint density at radius 2 is 1.12 bits per heavy atom. The van der Waals surface area contributed by atoms with Gasteiger partial charge in [-0.15, -0.1) is 0 Å². The molecule has 0 atom stereocenters. The van der Waals surface area contributed by atoms with Gasteiger partial charge in [0.2, 0.25) is 0 Å². The van der Waals surface area contributed by atoms with Gasteiger partial charge in [0.05, 0.1) is 0 Å². The molecule has 0 unspecified atom stereocenters. The van der Waals surface area contributed by atoms with E-state index in [1.807, 2.05) is 48.5 Å². The van der Waals surface area contributed by atoms with E-state index in [1.165, 1.54) is 27.4 Å². The molecule has 16 heavy (non-hydrogen) atoms. The zero-order valence-electron chi connectivity index (χ0n) is 8.37. The molecule has 0 aromatic heterocycles. The van der Waals surface area contributed by atoms with Crippen molar-refractivity contribution in [3.63, 3.8) is 0 Å². The summed E-state index contributed by atoms with van der Waals surface area (Å²) in [6, 6.07) is 15.7. The molecule has 2 aromatic rings. The molecule has 0 aliphatic carbocycles. The first kappa shape index (κ1) is 12.2. The number of halogens is 2. The van der Waals surface area contributed by atoms with Crippen molar-refractivity contribution in [2.24, 2.45) is 0 Å². The predicted molar refractivity (Wildman–Crippen MR) is 66.1 cm³/mol. The van der Waals surface area contributed by atoms with E-state index in [1.54, 1.807) is 0 Å². The molecule has 0 fully saturated rings. The summed E-state index contributed by atoms with van der Waals surface area (Å²) in [5.74, 6) is 0. The maximum absolute atomic E-state index is 6.17. The third kappa shape index (κ3) is 2.53. The average molecular weight is 326 g/mol. The van der Waals surface area contributed by atoms with Gasteiger partial charge < -0.3 is 0 Å². The SMILES string of the molecule is Clc1ccccc1[C](=[Zr+2])c1ccccc1Cl. The van der Waals surface area contributed by atoms with Crippen LogP contribution < -0.4 is 0 Å². The van der Waals surface area contributed by atoms with Crippen LogP contribution in [0, 0.1) is 0 Å². The second-order valence-corrected chi connectivity index (χ2v) is 5.38. The number of hydrogen-bond donors (Lipinski definition) is 0. The van der Waals surface area contributed by atoms with Crippen molar-refractivity contribution < 1.29 is 24.2 Å². The van der Waals surface area contributed by atoms with Gasteiger partial charge in [-0.25, -0.2) is 0 Å². The van der Waals surface area contributed by atoms with Gasteiger partial charge in [-0.1, -0.05) is 0 Å². The fraction of sp³-hybridized carbons (Fsp3) is 0. The van der Waals surface area contributed by atoms with E-state index in [4.69, 9.17) is 23.2 Å². The molecule has 2 aromatic carbocycles. The molecular weight excluding hydrogens is 318 g/mol. The first-order valence-electron chi connectivity index (χ1n) is 4.78. The Labute approximate surface area is 120 Å². The molecule has 0 aliphatic heterocycles. The van der Waals surface area contributed by atoms with Crippen molar-refractivity contribution >= 4 is 26.4 Å². The first-order chi connectivity index (χ1) is 7.70. The Bertz CT molecular complexity index is 487. The quantitative estimate of drug-likeness (QED) is 0.779. The fourth-order valence-electron chi connectivity index (χ4n) is 1.47. The molecule has 0 amide bonds. The fourth-order valence-corrected chi connectivity index (χ4v) is 3.39. The van der Waals surface area contributed by atoms with Crippen LogP contribution in [0.2, 0.25) is 10.0 Å². The molecule has 0 saturated carbocycles. The molecular formula is C13H8Cl2Zr+2. The molecule has 0 spiro atoms. The Kier molecular flexibility index (Phi) is 4.13. The zero-order chi connectivity index (χ0) is 11.5. The van der Waals surface area contributed by atoms with Crippen LogP contribution in [0.4, 0.5) is 0 Å². The van der Waals surface area contributed by atoms with E-state index >= 15 is 0 Å². The topological polar surface area (TPSA) is 0 Å². The van der Waals surface area contributed by atoms with E-state index in [2.05, 4.69) is 0 Å². The normalized spacial score (nSPS) is 10.2. The van der Waals surface area contributed by atoms with Gasteiger partial charge in [-0.05, 0) is 0 Å². The van der Waals surface area contributed by atoms with Crippen LogP contribution in [0.25, 0.3) is 0 Å². The summed E-state index contributed by atoms with van der Waals surface area (Å²) in [5, 5.41) is 1.54. The minimum absolute atomic E-state index is 0.772. The molecule has 0 radical (unpaired) electrons. The van der Waals surface area contributed by atoms with Gasteiger partial charge in [-0.2, -0.15) is 0 Å².